The highest BCUT2D eigenvalue weighted by molar-refractivity contribution is 7.89. The van der Waals surface area contributed by atoms with Gasteiger partial charge in [-0.25, -0.2) is 21.6 Å². The van der Waals surface area contributed by atoms with Crippen molar-refractivity contribution in [1.82, 2.24) is 9.03 Å². The van der Waals surface area contributed by atoms with Crippen LogP contribution in [-0.4, -0.2) is 53.8 Å². The van der Waals surface area contributed by atoms with Crippen LogP contribution in [0.5, 0.6) is 5.75 Å². The first-order valence-electron chi connectivity index (χ1n) is 11.1. The van der Waals surface area contributed by atoms with Crippen LogP contribution in [0.1, 0.15) is 30.9 Å². The predicted molar refractivity (Wildman–Crippen MR) is 130 cm³/mol. The second-order valence-corrected chi connectivity index (χ2v) is 12.1. The molecule has 0 radical (unpaired) electrons. The summed E-state index contributed by atoms with van der Waals surface area (Å²) < 4.78 is 59.8. The van der Waals surface area contributed by atoms with Gasteiger partial charge in [-0.2, -0.15) is 4.31 Å². The van der Waals surface area contributed by atoms with Crippen LogP contribution in [0.15, 0.2) is 46.2 Å². The zero-order valence-electron chi connectivity index (χ0n) is 19.8. The van der Waals surface area contributed by atoms with Crippen molar-refractivity contribution in [2.75, 3.05) is 32.1 Å². The Morgan fingerprint density at radius 3 is 2.41 bits per heavy atom. The van der Waals surface area contributed by atoms with Gasteiger partial charge < -0.3 is 10.1 Å². The van der Waals surface area contributed by atoms with Crippen LogP contribution in [0.4, 0.5) is 5.69 Å². The number of anilines is 1. The van der Waals surface area contributed by atoms with Gasteiger partial charge in [0.2, 0.25) is 26.0 Å². The molecular formula is C23H31N3O6S2. The van der Waals surface area contributed by atoms with Crippen LogP contribution in [-0.2, 0) is 24.8 Å². The Morgan fingerprint density at radius 1 is 1.06 bits per heavy atom. The summed E-state index contributed by atoms with van der Waals surface area (Å²) in [5.74, 6) is -0.267. The average molecular weight is 510 g/mol. The third-order valence-electron chi connectivity index (χ3n) is 5.88. The molecule has 1 heterocycles. The third kappa shape index (κ3) is 5.60. The molecule has 34 heavy (non-hydrogen) atoms. The van der Waals surface area contributed by atoms with Crippen molar-refractivity contribution >= 4 is 31.6 Å². The Bertz CT molecular complexity index is 1280. The molecule has 0 saturated carbocycles. The van der Waals surface area contributed by atoms with Gasteiger partial charge in [0.15, 0.2) is 0 Å². The Labute approximate surface area is 201 Å². The minimum atomic E-state index is -3.78. The van der Waals surface area contributed by atoms with Gasteiger partial charge in [0.1, 0.15) is 5.75 Å². The maximum Gasteiger partial charge on any atom is 0.243 e. The molecule has 1 atom stereocenters. The molecule has 0 aliphatic carbocycles. The molecule has 1 amide bonds. The van der Waals surface area contributed by atoms with Gasteiger partial charge in [0.05, 0.1) is 22.3 Å². The van der Waals surface area contributed by atoms with Crippen LogP contribution in [0.3, 0.4) is 0 Å². The Balaban J connectivity index is 1.78. The minimum Gasteiger partial charge on any atom is -0.494 e. The summed E-state index contributed by atoms with van der Waals surface area (Å²) in [7, 11) is -6.13. The van der Waals surface area contributed by atoms with E-state index in [9.17, 15) is 21.6 Å². The third-order valence-corrected chi connectivity index (χ3v) is 9.16. The Morgan fingerprint density at radius 2 is 1.76 bits per heavy atom. The van der Waals surface area contributed by atoms with Crippen molar-refractivity contribution in [2.24, 2.45) is 5.92 Å². The van der Waals surface area contributed by atoms with Crippen LogP contribution in [0, 0.1) is 19.8 Å². The fourth-order valence-corrected chi connectivity index (χ4v) is 6.24. The van der Waals surface area contributed by atoms with Crippen molar-refractivity contribution in [2.45, 2.75) is 43.4 Å². The fourth-order valence-electron chi connectivity index (χ4n) is 3.88. The van der Waals surface area contributed by atoms with Crippen molar-refractivity contribution in [1.29, 1.82) is 0 Å². The minimum absolute atomic E-state index is 0.0367. The number of rotatable bonds is 8. The number of nitrogens with one attached hydrogen (secondary N) is 2. The number of benzene rings is 2. The molecule has 1 aliphatic rings. The number of amides is 1. The second kappa shape index (κ2) is 10.4. The SMILES string of the molecule is CCOc1ccc(S(=O)(=O)N2CCC[C@H](C(=O)Nc3cc(S(=O)(=O)NC)ccc3C)C2)cc1C. The highest BCUT2D eigenvalue weighted by Crippen LogP contribution is 2.28. The fraction of sp³-hybridized carbons (Fsp3) is 0.435. The lowest BCUT2D eigenvalue weighted by Crippen LogP contribution is -2.43. The number of ether oxygens (including phenoxy) is 1. The highest BCUT2D eigenvalue weighted by Gasteiger charge is 2.34. The largest absolute Gasteiger partial charge is 0.494 e. The van der Waals surface area contributed by atoms with E-state index < -0.39 is 26.0 Å². The first-order valence-corrected chi connectivity index (χ1v) is 14.0. The Hall–Kier alpha value is -2.47. The van der Waals surface area contributed by atoms with Gasteiger partial charge in [-0.1, -0.05) is 6.07 Å². The summed E-state index contributed by atoms with van der Waals surface area (Å²) in [5.41, 5.74) is 1.80. The zero-order valence-corrected chi connectivity index (χ0v) is 21.4. The van der Waals surface area contributed by atoms with E-state index in [0.29, 0.717) is 43.0 Å². The first kappa shape index (κ1) is 26.1. The average Bonchev–Trinajstić information content (AvgIpc) is 2.81. The molecule has 9 nitrogen and oxygen atoms in total. The predicted octanol–water partition coefficient (Wildman–Crippen LogP) is 2.65. The number of carbonyl (C=O) groups is 1. The van der Waals surface area contributed by atoms with Crippen molar-refractivity contribution in [3.8, 4) is 5.75 Å². The van der Waals surface area contributed by atoms with E-state index in [0.717, 1.165) is 5.56 Å². The summed E-state index contributed by atoms with van der Waals surface area (Å²) in [6, 6.07) is 9.24. The lowest BCUT2D eigenvalue weighted by molar-refractivity contribution is -0.120. The Kier molecular flexibility index (Phi) is 8.02. The molecule has 2 aromatic rings. The summed E-state index contributed by atoms with van der Waals surface area (Å²) in [4.78, 5) is 13.2. The number of carbonyl (C=O) groups excluding carboxylic acids is 1. The van der Waals surface area contributed by atoms with E-state index in [-0.39, 0.29) is 22.2 Å². The zero-order chi connectivity index (χ0) is 25.1. The van der Waals surface area contributed by atoms with Gasteiger partial charge in [-0.15, -0.1) is 0 Å². The standard InChI is InChI=1S/C23H31N3O6S2/c1-5-32-22-11-10-20(13-17(22)3)34(30,31)26-12-6-7-18(15-26)23(27)25-21-14-19(9-8-16(21)2)33(28,29)24-4/h8-11,13-14,18,24H,5-7,12,15H2,1-4H3,(H,25,27)/t18-/m0/s1. The van der Waals surface area contributed by atoms with Crippen molar-refractivity contribution < 1.29 is 26.4 Å². The van der Waals surface area contributed by atoms with Gasteiger partial charge in [-0.05, 0) is 82.1 Å². The first-order chi connectivity index (χ1) is 16.0. The molecule has 0 bridgehead atoms. The summed E-state index contributed by atoms with van der Waals surface area (Å²) in [5, 5.41) is 2.79. The number of nitrogens with zero attached hydrogens (tertiary/aromatic N) is 1. The number of sulfonamides is 2. The van der Waals surface area contributed by atoms with E-state index in [1.807, 2.05) is 6.92 Å². The number of piperidine rings is 1. The lowest BCUT2D eigenvalue weighted by atomic mass is 9.98. The molecular weight excluding hydrogens is 478 g/mol. The smallest absolute Gasteiger partial charge is 0.243 e. The lowest BCUT2D eigenvalue weighted by Gasteiger charge is -2.31. The van der Waals surface area contributed by atoms with Crippen molar-refractivity contribution in [3.05, 3.63) is 47.5 Å². The molecule has 2 aromatic carbocycles. The van der Waals surface area contributed by atoms with Gasteiger partial charge >= 0.3 is 0 Å². The summed E-state index contributed by atoms with van der Waals surface area (Å²) in [6.45, 7) is 6.28. The maximum atomic E-state index is 13.3. The molecule has 0 aromatic heterocycles. The molecule has 11 heteroatoms. The maximum absolute atomic E-state index is 13.3. The molecule has 0 spiro atoms. The van der Waals surface area contributed by atoms with E-state index in [1.54, 1.807) is 32.0 Å². The van der Waals surface area contributed by atoms with Crippen LogP contribution < -0.4 is 14.8 Å². The molecule has 1 saturated heterocycles. The second-order valence-electron chi connectivity index (χ2n) is 8.24. The van der Waals surface area contributed by atoms with Gasteiger partial charge in [0, 0.05) is 18.8 Å². The normalized spacial score (nSPS) is 17.4. The molecule has 0 unspecified atom stereocenters. The topological polar surface area (TPSA) is 122 Å². The summed E-state index contributed by atoms with van der Waals surface area (Å²) >= 11 is 0. The molecule has 1 fully saturated rings. The molecule has 2 N–H and O–H groups in total. The van der Waals surface area contributed by atoms with E-state index in [1.165, 1.54) is 29.6 Å². The molecule has 3 rings (SSSR count). The number of aryl methyl sites for hydroxylation is 2. The van der Waals surface area contributed by atoms with E-state index >= 15 is 0 Å². The van der Waals surface area contributed by atoms with Crippen LogP contribution in [0.2, 0.25) is 0 Å². The summed E-state index contributed by atoms with van der Waals surface area (Å²) in [6.07, 6.45) is 1.08. The quantitative estimate of drug-likeness (QED) is 0.564. The highest BCUT2D eigenvalue weighted by atomic mass is 32.2. The van der Waals surface area contributed by atoms with Crippen LogP contribution in [0.25, 0.3) is 0 Å². The molecule has 186 valence electrons. The van der Waals surface area contributed by atoms with Crippen LogP contribution >= 0.6 is 0 Å². The number of hydrogen-bond acceptors (Lipinski definition) is 6. The van der Waals surface area contributed by atoms with Gasteiger partial charge in [0.25, 0.3) is 0 Å². The van der Waals surface area contributed by atoms with E-state index in [4.69, 9.17) is 4.74 Å². The monoisotopic (exact) mass is 509 g/mol. The van der Waals surface area contributed by atoms with Gasteiger partial charge in [-0.3, -0.25) is 4.79 Å². The number of hydrogen-bond donors (Lipinski definition) is 2. The van der Waals surface area contributed by atoms with E-state index in [2.05, 4.69) is 10.0 Å². The van der Waals surface area contributed by atoms with Crippen molar-refractivity contribution in [3.63, 3.8) is 0 Å². The molecule has 1 aliphatic heterocycles.